The Balaban J connectivity index is 3.52. The molecule has 48 valence electrons. The van der Waals surface area contributed by atoms with E-state index < -0.39 is 11.4 Å². The molecule has 0 spiro atoms. The van der Waals surface area contributed by atoms with E-state index in [2.05, 4.69) is 9.40 Å². The van der Waals surface area contributed by atoms with Crippen LogP contribution in [-0.2, 0) is 0 Å². The predicted octanol–water partition coefficient (Wildman–Crippen LogP) is -0.363. The predicted molar refractivity (Wildman–Crippen MR) is 30.3 cm³/mol. The zero-order valence-electron chi connectivity index (χ0n) is 4.80. The van der Waals surface area contributed by atoms with Crippen molar-refractivity contribution in [3.63, 3.8) is 0 Å². The molecular formula is C5H5NO3. The van der Waals surface area contributed by atoms with Crippen LogP contribution in [0.4, 0.5) is 0 Å². The second kappa shape index (κ2) is 1.89. The number of nitrogens with one attached hydrogen (secondary N) is 1. The van der Waals surface area contributed by atoms with Gasteiger partial charge in [-0.2, -0.15) is 0 Å². The summed E-state index contributed by atoms with van der Waals surface area (Å²) in [6.45, 7) is 1.56. The molecule has 0 aliphatic heterocycles. The summed E-state index contributed by atoms with van der Waals surface area (Å²) in [5.74, 6) is -0.717. The molecule has 1 aromatic heterocycles. The van der Waals surface area contributed by atoms with Crippen molar-refractivity contribution in [3.05, 3.63) is 32.7 Å². The summed E-state index contributed by atoms with van der Waals surface area (Å²) in [6, 6.07) is 0. The van der Waals surface area contributed by atoms with E-state index in [1.54, 1.807) is 6.92 Å². The van der Waals surface area contributed by atoms with Crippen molar-refractivity contribution in [2.75, 3.05) is 0 Å². The molecule has 1 aromatic rings. The van der Waals surface area contributed by atoms with Gasteiger partial charge in [-0.15, -0.1) is 0 Å². The van der Waals surface area contributed by atoms with Gasteiger partial charge in [0.15, 0.2) is 0 Å². The molecule has 4 heteroatoms. The van der Waals surface area contributed by atoms with E-state index in [0.29, 0.717) is 5.56 Å². The van der Waals surface area contributed by atoms with Gasteiger partial charge in [-0.25, -0.2) is 9.59 Å². The molecule has 0 amide bonds. The molecule has 4 nitrogen and oxygen atoms in total. The van der Waals surface area contributed by atoms with Gasteiger partial charge in [0.05, 0.1) is 5.56 Å². The molecule has 9 heavy (non-hydrogen) atoms. The summed E-state index contributed by atoms with van der Waals surface area (Å²) in [6.07, 6.45) is 1.31. The highest BCUT2D eigenvalue weighted by atomic mass is 16.4. The van der Waals surface area contributed by atoms with E-state index >= 15 is 0 Å². The fourth-order valence-corrected chi connectivity index (χ4v) is 0.420. The third-order valence-electron chi connectivity index (χ3n) is 0.914. The van der Waals surface area contributed by atoms with Gasteiger partial charge in [-0.1, -0.05) is 0 Å². The Kier molecular flexibility index (Phi) is 1.22. The Hall–Kier alpha value is -1.32. The zero-order valence-corrected chi connectivity index (χ0v) is 4.80. The Labute approximate surface area is 50.1 Å². The van der Waals surface area contributed by atoms with Gasteiger partial charge in [-0.05, 0) is 6.92 Å². The number of aromatic amines is 1. The van der Waals surface area contributed by atoms with Crippen molar-refractivity contribution >= 4 is 0 Å². The zero-order chi connectivity index (χ0) is 6.85. The second-order valence-corrected chi connectivity index (χ2v) is 1.65. The average molecular weight is 127 g/mol. The number of aryl methyl sites for hydroxylation is 1. The van der Waals surface area contributed by atoms with E-state index in [1.165, 1.54) is 6.20 Å². The van der Waals surface area contributed by atoms with Crippen LogP contribution in [0.25, 0.3) is 0 Å². The molecule has 1 N–H and O–H groups in total. The first kappa shape index (κ1) is 5.81. The summed E-state index contributed by atoms with van der Waals surface area (Å²) in [5.41, 5.74) is -0.187. The molecule has 0 unspecified atom stereocenters. The van der Waals surface area contributed by atoms with Crippen LogP contribution in [0.15, 0.2) is 20.2 Å². The topological polar surface area (TPSA) is 63.1 Å². The molecule has 0 saturated carbocycles. The SMILES string of the molecule is Cc1c[nH]c(=O)oc1=O. The molecule has 0 saturated heterocycles. The first-order valence-electron chi connectivity index (χ1n) is 2.39. The van der Waals surface area contributed by atoms with Crippen LogP contribution >= 0.6 is 0 Å². The molecule has 0 atom stereocenters. The van der Waals surface area contributed by atoms with Gasteiger partial charge in [0.2, 0.25) is 0 Å². The summed E-state index contributed by atoms with van der Waals surface area (Å²) in [5, 5.41) is 0. The van der Waals surface area contributed by atoms with Gasteiger partial charge in [-0.3, -0.25) is 4.98 Å². The monoisotopic (exact) mass is 127 g/mol. The summed E-state index contributed by atoms with van der Waals surface area (Å²) < 4.78 is 4.14. The molecule has 1 heterocycles. The van der Waals surface area contributed by atoms with Crippen molar-refractivity contribution in [1.29, 1.82) is 0 Å². The number of hydrogen-bond acceptors (Lipinski definition) is 3. The number of aromatic nitrogens is 1. The van der Waals surface area contributed by atoms with E-state index in [9.17, 15) is 9.59 Å². The van der Waals surface area contributed by atoms with Gasteiger partial charge in [0, 0.05) is 6.20 Å². The van der Waals surface area contributed by atoms with Gasteiger partial charge >= 0.3 is 11.4 Å². The van der Waals surface area contributed by atoms with Crippen LogP contribution in [0.2, 0.25) is 0 Å². The Bertz CT molecular complexity index is 308. The Morgan fingerprint density at radius 3 is 2.67 bits per heavy atom. The van der Waals surface area contributed by atoms with Gasteiger partial charge < -0.3 is 4.42 Å². The van der Waals surface area contributed by atoms with Gasteiger partial charge in [0.1, 0.15) is 0 Å². The molecule has 0 aliphatic rings. The molecule has 0 radical (unpaired) electrons. The molecular weight excluding hydrogens is 122 g/mol. The van der Waals surface area contributed by atoms with E-state index in [4.69, 9.17) is 0 Å². The lowest BCUT2D eigenvalue weighted by Crippen LogP contribution is -2.15. The maximum Gasteiger partial charge on any atom is 0.419 e. The molecule has 0 fully saturated rings. The first-order chi connectivity index (χ1) is 4.20. The number of rotatable bonds is 0. The van der Waals surface area contributed by atoms with Crippen LogP contribution in [0.3, 0.4) is 0 Å². The maximum atomic E-state index is 10.5. The quantitative estimate of drug-likeness (QED) is 0.517. The van der Waals surface area contributed by atoms with Gasteiger partial charge in [0.25, 0.3) is 0 Å². The van der Waals surface area contributed by atoms with E-state index in [0.717, 1.165) is 0 Å². The lowest BCUT2D eigenvalue weighted by molar-refractivity contribution is 0.444. The lowest BCUT2D eigenvalue weighted by Gasteiger charge is -1.82. The highest BCUT2D eigenvalue weighted by Gasteiger charge is 1.91. The van der Waals surface area contributed by atoms with Crippen LogP contribution in [0.1, 0.15) is 5.56 Å². The van der Waals surface area contributed by atoms with Crippen LogP contribution in [0.5, 0.6) is 0 Å². The summed E-state index contributed by atoms with van der Waals surface area (Å²) in [4.78, 5) is 22.9. The van der Waals surface area contributed by atoms with E-state index in [1.807, 2.05) is 0 Å². The van der Waals surface area contributed by atoms with E-state index in [-0.39, 0.29) is 0 Å². The first-order valence-corrected chi connectivity index (χ1v) is 2.39. The van der Waals surface area contributed by atoms with Crippen LogP contribution < -0.4 is 11.4 Å². The highest BCUT2D eigenvalue weighted by Crippen LogP contribution is 1.75. The molecule has 1 rings (SSSR count). The molecule has 0 aliphatic carbocycles. The Morgan fingerprint density at radius 1 is 1.56 bits per heavy atom. The summed E-state index contributed by atoms with van der Waals surface area (Å²) >= 11 is 0. The minimum absolute atomic E-state index is 0.398. The van der Waals surface area contributed by atoms with Crippen molar-refractivity contribution in [3.8, 4) is 0 Å². The minimum Gasteiger partial charge on any atom is -0.373 e. The number of hydrogen-bond donors (Lipinski definition) is 1. The van der Waals surface area contributed by atoms with Crippen LogP contribution in [0, 0.1) is 6.92 Å². The smallest absolute Gasteiger partial charge is 0.373 e. The summed E-state index contributed by atoms with van der Waals surface area (Å²) in [7, 11) is 0. The lowest BCUT2D eigenvalue weighted by atomic mass is 10.4. The van der Waals surface area contributed by atoms with Crippen molar-refractivity contribution < 1.29 is 4.42 Å². The molecule has 0 aromatic carbocycles. The van der Waals surface area contributed by atoms with Crippen molar-refractivity contribution in [2.45, 2.75) is 6.92 Å². The second-order valence-electron chi connectivity index (χ2n) is 1.65. The largest absolute Gasteiger partial charge is 0.419 e. The Morgan fingerprint density at radius 2 is 2.22 bits per heavy atom. The average Bonchev–Trinajstić information content (AvgIpc) is 1.80. The highest BCUT2D eigenvalue weighted by molar-refractivity contribution is 4.95. The fourth-order valence-electron chi connectivity index (χ4n) is 0.420. The fraction of sp³-hybridized carbons (Fsp3) is 0.200. The van der Waals surface area contributed by atoms with Crippen molar-refractivity contribution in [1.82, 2.24) is 4.98 Å². The minimum atomic E-state index is -0.717. The third kappa shape index (κ3) is 1.07. The normalized spacial score (nSPS) is 9.44. The maximum absolute atomic E-state index is 10.5. The molecule has 0 bridgehead atoms. The van der Waals surface area contributed by atoms with Crippen molar-refractivity contribution in [2.24, 2.45) is 0 Å². The third-order valence-corrected chi connectivity index (χ3v) is 0.914. The standard InChI is InChI=1S/C5H5NO3/c1-3-2-6-5(8)9-4(3)7/h2H,1H3,(H,6,8). The number of H-pyrrole nitrogens is 1. The van der Waals surface area contributed by atoms with Crippen LogP contribution in [-0.4, -0.2) is 4.98 Å².